The van der Waals surface area contributed by atoms with Crippen molar-refractivity contribution in [2.24, 2.45) is 0 Å². The fourth-order valence-corrected chi connectivity index (χ4v) is 3.90. The minimum Gasteiger partial charge on any atom is -0.373 e. The van der Waals surface area contributed by atoms with Gasteiger partial charge in [-0.1, -0.05) is 12.1 Å². The predicted octanol–water partition coefficient (Wildman–Crippen LogP) is 0.490. The minimum absolute atomic E-state index is 0.132. The lowest BCUT2D eigenvalue weighted by Gasteiger charge is -2.34. The number of benzene rings is 1. The first-order valence-electron chi connectivity index (χ1n) is 7.53. The molecule has 1 amide bonds. The lowest BCUT2D eigenvalue weighted by molar-refractivity contribution is -0.0444. The van der Waals surface area contributed by atoms with Gasteiger partial charge >= 0.3 is 0 Å². The van der Waals surface area contributed by atoms with E-state index < -0.39 is 10.2 Å². The lowest BCUT2D eigenvalue weighted by Crippen LogP contribution is -2.51. The minimum atomic E-state index is -3.58. The maximum atomic E-state index is 12.4. The van der Waals surface area contributed by atoms with Crippen molar-refractivity contribution in [3.05, 3.63) is 35.4 Å². The number of morpholine rings is 1. The van der Waals surface area contributed by atoms with E-state index in [2.05, 4.69) is 10.0 Å². The van der Waals surface area contributed by atoms with E-state index in [1.807, 2.05) is 13.8 Å². The predicted molar refractivity (Wildman–Crippen MR) is 87.2 cm³/mol. The van der Waals surface area contributed by atoms with E-state index in [-0.39, 0.29) is 24.7 Å². The van der Waals surface area contributed by atoms with Crippen molar-refractivity contribution < 1.29 is 17.9 Å². The summed E-state index contributed by atoms with van der Waals surface area (Å²) in [6.07, 6.45) is -0.265. The highest BCUT2D eigenvalue weighted by molar-refractivity contribution is 7.87. The molecule has 2 atom stereocenters. The summed E-state index contributed by atoms with van der Waals surface area (Å²) < 4.78 is 34.3. The molecule has 0 bridgehead atoms. The van der Waals surface area contributed by atoms with Crippen molar-refractivity contribution in [1.82, 2.24) is 14.3 Å². The largest absolute Gasteiger partial charge is 0.373 e. The highest BCUT2D eigenvalue weighted by atomic mass is 32.2. The summed E-state index contributed by atoms with van der Waals surface area (Å²) in [5.41, 5.74) is 1.22. The van der Waals surface area contributed by atoms with Crippen LogP contribution < -0.4 is 10.0 Å². The van der Waals surface area contributed by atoms with E-state index in [0.29, 0.717) is 18.7 Å². The van der Waals surface area contributed by atoms with Gasteiger partial charge < -0.3 is 10.1 Å². The van der Waals surface area contributed by atoms with Crippen LogP contribution in [0.5, 0.6) is 0 Å². The van der Waals surface area contributed by atoms with Gasteiger partial charge in [0.15, 0.2) is 0 Å². The number of carbonyl (C=O) groups is 1. The summed E-state index contributed by atoms with van der Waals surface area (Å²) in [5.74, 6) is -0.203. The van der Waals surface area contributed by atoms with Gasteiger partial charge in [0, 0.05) is 32.2 Å². The molecule has 1 fully saturated rings. The summed E-state index contributed by atoms with van der Waals surface area (Å²) in [4.78, 5) is 11.6. The first-order chi connectivity index (χ1) is 10.8. The van der Waals surface area contributed by atoms with Crippen LogP contribution in [-0.2, 0) is 21.5 Å². The van der Waals surface area contributed by atoms with Crippen molar-refractivity contribution in [2.45, 2.75) is 32.6 Å². The summed E-state index contributed by atoms with van der Waals surface area (Å²) >= 11 is 0. The van der Waals surface area contributed by atoms with Gasteiger partial charge in [-0.3, -0.25) is 4.79 Å². The number of nitrogens with zero attached hydrogens (tertiary/aromatic N) is 1. The molecular formula is C15H23N3O4S. The molecule has 1 saturated heterocycles. The quantitative estimate of drug-likeness (QED) is 0.816. The fraction of sp³-hybridized carbons (Fsp3) is 0.533. The number of hydrogen-bond acceptors (Lipinski definition) is 4. The van der Waals surface area contributed by atoms with Crippen LogP contribution in [0.3, 0.4) is 0 Å². The van der Waals surface area contributed by atoms with E-state index in [1.165, 1.54) is 4.31 Å². The van der Waals surface area contributed by atoms with Crippen LogP contribution in [0.25, 0.3) is 0 Å². The van der Waals surface area contributed by atoms with Crippen LogP contribution in [0.1, 0.15) is 29.8 Å². The van der Waals surface area contributed by atoms with Crippen LogP contribution in [0.15, 0.2) is 24.3 Å². The zero-order valence-electron chi connectivity index (χ0n) is 13.6. The van der Waals surface area contributed by atoms with E-state index in [9.17, 15) is 13.2 Å². The number of carbonyl (C=O) groups excluding carboxylic acids is 1. The summed E-state index contributed by atoms with van der Waals surface area (Å²) in [5, 5.41) is 2.54. The van der Waals surface area contributed by atoms with Crippen molar-refractivity contribution in [2.75, 3.05) is 20.1 Å². The molecule has 1 aliphatic rings. The standard InChI is InChI=1S/C15H23N3O4S/c1-11-9-18(10-12(2)22-11)23(20,21)17-8-13-5-4-6-14(7-13)15(19)16-3/h4-7,11-12,17H,8-10H2,1-3H3,(H,16,19)/t11-,12-/m0/s1. The van der Waals surface area contributed by atoms with Gasteiger partial charge in [0.1, 0.15) is 0 Å². The number of amides is 1. The third-order valence-corrected chi connectivity index (χ3v) is 5.09. The molecule has 2 N–H and O–H groups in total. The van der Waals surface area contributed by atoms with Crippen molar-refractivity contribution in [3.63, 3.8) is 0 Å². The Bertz CT molecular complexity index is 652. The third-order valence-electron chi connectivity index (χ3n) is 3.60. The molecule has 0 unspecified atom stereocenters. The van der Waals surface area contributed by atoms with E-state index in [0.717, 1.165) is 5.56 Å². The molecule has 1 aromatic rings. The topological polar surface area (TPSA) is 87.7 Å². The number of hydrogen-bond donors (Lipinski definition) is 2. The molecule has 2 rings (SSSR count). The molecule has 1 aromatic carbocycles. The van der Waals surface area contributed by atoms with Crippen LogP contribution in [0, 0.1) is 0 Å². The first-order valence-corrected chi connectivity index (χ1v) is 8.97. The third kappa shape index (κ3) is 4.74. The number of nitrogens with one attached hydrogen (secondary N) is 2. The molecule has 8 heteroatoms. The Morgan fingerprint density at radius 3 is 2.57 bits per heavy atom. The van der Waals surface area contributed by atoms with Gasteiger partial charge in [0.2, 0.25) is 0 Å². The van der Waals surface area contributed by atoms with Gasteiger partial charge in [-0.15, -0.1) is 0 Å². The molecular weight excluding hydrogens is 318 g/mol. The highest BCUT2D eigenvalue weighted by Crippen LogP contribution is 2.14. The van der Waals surface area contributed by atoms with Crippen LogP contribution >= 0.6 is 0 Å². The molecule has 0 radical (unpaired) electrons. The number of ether oxygens (including phenoxy) is 1. The second-order valence-electron chi connectivity index (χ2n) is 5.68. The van der Waals surface area contributed by atoms with Crippen LogP contribution in [-0.4, -0.2) is 51.0 Å². The average molecular weight is 341 g/mol. The molecule has 0 aromatic heterocycles. The SMILES string of the molecule is CNC(=O)c1cccc(CNS(=O)(=O)N2C[C@H](C)O[C@@H](C)C2)c1. The lowest BCUT2D eigenvalue weighted by atomic mass is 10.1. The van der Waals surface area contributed by atoms with Gasteiger partial charge in [-0.25, -0.2) is 0 Å². The monoisotopic (exact) mass is 341 g/mol. The smallest absolute Gasteiger partial charge is 0.279 e. The van der Waals surface area contributed by atoms with E-state index in [1.54, 1.807) is 31.3 Å². The average Bonchev–Trinajstić information content (AvgIpc) is 2.51. The summed E-state index contributed by atoms with van der Waals surface area (Å²) in [6.45, 7) is 4.50. The normalized spacial score (nSPS) is 22.7. The molecule has 23 heavy (non-hydrogen) atoms. The van der Waals surface area contributed by atoms with E-state index >= 15 is 0 Å². The van der Waals surface area contributed by atoms with Gasteiger partial charge in [-0.2, -0.15) is 17.4 Å². The van der Waals surface area contributed by atoms with Gasteiger partial charge in [0.05, 0.1) is 12.2 Å². The Balaban J connectivity index is 2.03. The maximum absolute atomic E-state index is 12.4. The molecule has 0 spiro atoms. The zero-order valence-corrected chi connectivity index (χ0v) is 14.4. The number of rotatable bonds is 5. The maximum Gasteiger partial charge on any atom is 0.279 e. The Kier molecular flexibility index (Phi) is 5.74. The molecule has 0 aliphatic carbocycles. The zero-order chi connectivity index (χ0) is 17.0. The fourth-order valence-electron chi connectivity index (χ4n) is 2.56. The van der Waals surface area contributed by atoms with Crippen LogP contribution in [0.4, 0.5) is 0 Å². The second-order valence-corrected chi connectivity index (χ2v) is 7.44. The van der Waals surface area contributed by atoms with Gasteiger partial charge in [0.25, 0.3) is 16.1 Å². The second kappa shape index (κ2) is 7.39. The Hall–Kier alpha value is -1.48. The Morgan fingerprint density at radius 2 is 1.96 bits per heavy atom. The Labute approximate surface area is 137 Å². The Morgan fingerprint density at radius 1 is 1.30 bits per heavy atom. The summed E-state index contributed by atoms with van der Waals surface area (Å²) in [6, 6.07) is 6.86. The molecule has 0 saturated carbocycles. The molecule has 7 nitrogen and oxygen atoms in total. The highest BCUT2D eigenvalue weighted by Gasteiger charge is 2.30. The molecule has 128 valence electrons. The van der Waals surface area contributed by atoms with E-state index in [4.69, 9.17) is 4.74 Å². The molecule has 1 aliphatic heterocycles. The van der Waals surface area contributed by atoms with Crippen molar-refractivity contribution in [1.29, 1.82) is 0 Å². The van der Waals surface area contributed by atoms with Crippen molar-refractivity contribution in [3.8, 4) is 0 Å². The summed E-state index contributed by atoms with van der Waals surface area (Å²) in [7, 11) is -2.03. The molecule has 1 heterocycles. The first kappa shape index (κ1) is 17.9. The van der Waals surface area contributed by atoms with Gasteiger partial charge in [-0.05, 0) is 31.5 Å². The van der Waals surface area contributed by atoms with Crippen LogP contribution in [0.2, 0.25) is 0 Å². The van der Waals surface area contributed by atoms with Crippen molar-refractivity contribution >= 4 is 16.1 Å².